The number of aryl methyl sites for hydroxylation is 1. The summed E-state index contributed by atoms with van der Waals surface area (Å²) in [6, 6.07) is 2.58. The van der Waals surface area contributed by atoms with Crippen molar-refractivity contribution < 1.29 is 22.0 Å². The molecule has 1 unspecified atom stereocenters. The van der Waals surface area contributed by atoms with Crippen LogP contribution >= 0.6 is 0 Å². The Morgan fingerprint density at radius 1 is 1.14 bits per heavy atom. The molecule has 21 heavy (non-hydrogen) atoms. The van der Waals surface area contributed by atoms with E-state index in [-0.39, 0.29) is 12.5 Å². The third kappa shape index (κ3) is 2.70. The first kappa shape index (κ1) is 13.8. The Hall–Kier alpha value is -2.12. The van der Waals surface area contributed by atoms with Crippen LogP contribution in [0.1, 0.15) is 23.7 Å². The highest BCUT2D eigenvalue weighted by Gasteiger charge is 2.36. The maximum atomic E-state index is 13.2. The number of nitrogens with zero attached hydrogens (tertiary/aromatic N) is 2. The molecule has 0 saturated heterocycles. The quantitative estimate of drug-likeness (QED) is 0.813. The van der Waals surface area contributed by atoms with Gasteiger partial charge >= 0.3 is 6.18 Å². The maximum absolute atomic E-state index is 13.2. The molecular formula is C13H10F5N3. The molecule has 1 atom stereocenters. The van der Waals surface area contributed by atoms with Crippen molar-refractivity contribution in [2.45, 2.75) is 25.2 Å². The summed E-state index contributed by atoms with van der Waals surface area (Å²) in [7, 11) is 0. The minimum absolute atomic E-state index is 0.0447. The van der Waals surface area contributed by atoms with Crippen molar-refractivity contribution in [1.82, 2.24) is 9.55 Å². The molecule has 3 nitrogen and oxygen atoms in total. The molecule has 0 bridgehead atoms. The Morgan fingerprint density at radius 2 is 1.81 bits per heavy atom. The van der Waals surface area contributed by atoms with Gasteiger partial charge in [-0.05, 0) is 24.1 Å². The van der Waals surface area contributed by atoms with E-state index in [9.17, 15) is 22.0 Å². The molecule has 1 N–H and O–H groups in total. The summed E-state index contributed by atoms with van der Waals surface area (Å²) in [5.74, 6) is -1.41. The fraction of sp³-hybridized carbons (Fsp3) is 0.308. The highest BCUT2D eigenvalue weighted by molar-refractivity contribution is 5.37. The summed E-state index contributed by atoms with van der Waals surface area (Å²) < 4.78 is 65.5. The highest BCUT2D eigenvalue weighted by atomic mass is 19.4. The lowest BCUT2D eigenvalue weighted by molar-refractivity contribution is -0.140. The number of fused-ring (bicyclic) bond motifs is 1. The van der Waals surface area contributed by atoms with Crippen LogP contribution in [-0.4, -0.2) is 9.55 Å². The second-order valence-corrected chi connectivity index (χ2v) is 4.83. The Bertz CT molecular complexity index is 657. The van der Waals surface area contributed by atoms with Gasteiger partial charge in [0.05, 0.1) is 6.04 Å². The second kappa shape index (κ2) is 4.71. The minimum Gasteiger partial charge on any atom is -0.349 e. The van der Waals surface area contributed by atoms with Crippen molar-refractivity contribution in [3.8, 4) is 0 Å². The summed E-state index contributed by atoms with van der Waals surface area (Å²) in [6.07, 6.45) is -3.19. The SMILES string of the molecule is Fc1cc(F)cc(C2CCn3cc(C(F)(F)F)nc3N2)c1. The lowest BCUT2D eigenvalue weighted by atomic mass is 10.0. The molecule has 0 amide bonds. The molecule has 1 aromatic heterocycles. The van der Waals surface area contributed by atoms with Crippen LogP contribution in [0.5, 0.6) is 0 Å². The molecule has 2 aromatic rings. The van der Waals surface area contributed by atoms with Gasteiger partial charge in [-0.15, -0.1) is 0 Å². The average molecular weight is 303 g/mol. The first-order chi connectivity index (χ1) is 9.83. The molecule has 0 radical (unpaired) electrons. The van der Waals surface area contributed by atoms with Gasteiger partial charge in [-0.3, -0.25) is 0 Å². The largest absolute Gasteiger partial charge is 0.434 e. The van der Waals surface area contributed by atoms with Gasteiger partial charge in [0, 0.05) is 18.8 Å². The Balaban J connectivity index is 1.89. The minimum atomic E-state index is -4.52. The van der Waals surface area contributed by atoms with E-state index in [1.807, 2.05) is 0 Å². The fourth-order valence-electron chi connectivity index (χ4n) is 2.36. The monoisotopic (exact) mass is 303 g/mol. The number of halogens is 5. The topological polar surface area (TPSA) is 29.9 Å². The molecule has 0 saturated carbocycles. The van der Waals surface area contributed by atoms with E-state index in [4.69, 9.17) is 0 Å². The molecule has 8 heteroatoms. The second-order valence-electron chi connectivity index (χ2n) is 4.83. The number of anilines is 1. The molecule has 112 valence electrons. The highest BCUT2D eigenvalue weighted by Crippen LogP contribution is 2.34. The zero-order valence-corrected chi connectivity index (χ0v) is 10.6. The van der Waals surface area contributed by atoms with Crippen LogP contribution in [0.2, 0.25) is 0 Å². The molecule has 1 aromatic carbocycles. The van der Waals surface area contributed by atoms with Gasteiger partial charge in [0.15, 0.2) is 5.69 Å². The maximum Gasteiger partial charge on any atom is 0.434 e. The Labute approximate surface area is 116 Å². The third-order valence-corrected chi connectivity index (χ3v) is 3.32. The van der Waals surface area contributed by atoms with Crippen molar-refractivity contribution in [2.24, 2.45) is 0 Å². The van der Waals surface area contributed by atoms with Crippen LogP contribution < -0.4 is 5.32 Å². The number of alkyl halides is 3. The van der Waals surface area contributed by atoms with E-state index in [0.717, 1.165) is 24.4 Å². The molecule has 0 aliphatic carbocycles. The zero-order chi connectivity index (χ0) is 15.2. The molecule has 0 fully saturated rings. The van der Waals surface area contributed by atoms with E-state index >= 15 is 0 Å². The van der Waals surface area contributed by atoms with Gasteiger partial charge in [0.1, 0.15) is 11.6 Å². The van der Waals surface area contributed by atoms with Crippen molar-refractivity contribution in [3.63, 3.8) is 0 Å². The molecular weight excluding hydrogens is 293 g/mol. The first-order valence-electron chi connectivity index (χ1n) is 6.20. The number of rotatable bonds is 1. The molecule has 1 aliphatic heterocycles. The number of hydrogen-bond donors (Lipinski definition) is 1. The van der Waals surface area contributed by atoms with Crippen molar-refractivity contribution in [3.05, 3.63) is 47.3 Å². The number of aromatic nitrogens is 2. The number of nitrogens with one attached hydrogen (secondary N) is 1. The van der Waals surface area contributed by atoms with Gasteiger partial charge < -0.3 is 9.88 Å². The average Bonchev–Trinajstić information content (AvgIpc) is 2.80. The van der Waals surface area contributed by atoms with E-state index < -0.39 is 29.5 Å². The van der Waals surface area contributed by atoms with Crippen LogP contribution in [0.4, 0.5) is 27.9 Å². The predicted octanol–water partition coefficient (Wildman–Crippen LogP) is 3.74. The van der Waals surface area contributed by atoms with E-state index in [0.29, 0.717) is 12.0 Å². The van der Waals surface area contributed by atoms with Crippen LogP contribution in [-0.2, 0) is 12.7 Å². The number of benzene rings is 1. The van der Waals surface area contributed by atoms with Crippen molar-refractivity contribution in [1.29, 1.82) is 0 Å². The summed E-state index contributed by atoms with van der Waals surface area (Å²) in [6.45, 7) is 0.286. The smallest absolute Gasteiger partial charge is 0.349 e. The number of hydrogen-bond acceptors (Lipinski definition) is 2. The van der Waals surface area contributed by atoms with Crippen LogP contribution in [0.3, 0.4) is 0 Å². The summed E-state index contributed by atoms with van der Waals surface area (Å²) in [5, 5.41) is 2.78. The van der Waals surface area contributed by atoms with Crippen molar-refractivity contribution >= 4 is 5.95 Å². The molecule has 0 spiro atoms. The van der Waals surface area contributed by atoms with Gasteiger partial charge in [0.25, 0.3) is 0 Å². The summed E-state index contributed by atoms with van der Waals surface area (Å²) in [5.41, 5.74) is -0.647. The standard InChI is InChI=1S/C13H10F5N3/c14-8-3-7(4-9(15)5-8)10-1-2-21-6-11(13(16,17)18)20-12(21)19-10/h3-6,10H,1-2H2,(H,19,20). The van der Waals surface area contributed by atoms with Crippen LogP contribution in [0, 0.1) is 11.6 Å². The van der Waals surface area contributed by atoms with Crippen LogP contribution in [0.25, 0.3) is 0 Å². The molecule has 2 heterocycles. The fourth-order valence-corrected chi connectivity index (χ4v) is 2.36. The van der Waals surface area contributed by atoms with Gasteiger partial charge in [-0.25, -0.2) is 13.8 Å². The Kier molecular flexibility index (Phi) is 3.11. The van der Waals surface area contributed by atoms with Gasteiger partial charge in [0.2, 0.25) is 5.95 Å². The third-order valence-electron chi connectivity index (χ3n) is 3.32. The summed E-state index contributed by atoms with van der Waals surface area (Å²) in [4.78, 5) is 3.48. The lowest BCUT2D eigenvalue weighted by Crippen LogP contribution is -2.22. The molecule has 3 rings (SSSR count). The zero-order valence-electron chi connectivity index (χ0n) is 10.6. The van der Waals surface area contributed by atoms with E-state index in [2.05, 4.69) is 10.3 Å². The predicted molar refractivity (Wildman–Crippen MR) is 64.6 cm³/mol. The molecule has 1 aliphatic rings. The number of imidazole rings is 1. The van der Waals surface area contributed by atoms with Gasteiger partial charge in [-0.1, -0.05) is 0 Å². The normalized spacial score (nSPS) is 18.2. The van der Waals surface area contributed by atoms with E-state index in [1.165, 1.54) is 4.57 Å². The van der Waals surface area contributed by atoms with E-state index in [1.54, 1.807) is 0 Å². The Morgan fingerprint density at radius 3 is 2.43 bits per heavy atom. The first-order valence-corrected chi connectivity index (χ1v) is 6.20. The van der Waals surface area contributed by atoms with Gasteiger partial charge in [-0.2, -0.15) is 13.2 Å². The van der Waals surface area contributed by atoms with Crippen LogP contribution in [0.15, 0.2) is 24.4 Å². The summed E-state index contributed by atoms with van der Waals surface area (Å²) >= 11 is 0. The van der Waals surface area contributed by atoms with Crippen molar-refractivity contribution in [2.75, 3.05) is 5.32 Å². The lowest BCUT2D eigenvalue weighted by Gasteiger charge is -2.25.